The van der Waals surface area contributed by atoms with E-state index in [-0.39, 0.29) is 11.3 Å². The van der Waals surface area contributed by atoms with Crippen molar-refractivity contribution in [2.24, 2.45) is 0 Å². The topological polar surface area (TPSA) is 97.1 Å². The summed E-state index contributed by atoms with van der Waals surface area (Å²) in [5.41, 5.74) is 3.68. The van der Waals surface area contributed by atoms with Gasteiger partial charge in [0.05, 0.1) is 10.9 Å². The smallest absolute Gasteiger partial charge is 0.248 e. The molecule has 0 unspecified atom stereocenters. The van der Waals surface area contributed by atoms with Crippen molar-refractivity contribution < 1.29 is 9.21 Å². The molecule has 0 spiro atoms. The van der Waals surface area contributed by atoms with Crippen LogP contribution in [0.2, 0.25) is 0 Å². The molecule has 4 aromatic rings. The van der Waals surface area contributed by atoms with E-state index in [0.29, 0.717) is 28.2 Å². The number of aryl methyl sites for hydroxylation is 2. The molecule has 154 valence electrons. The minimum Gasteiger partial charge on any atom is -0.463 e. The number of aromatic nitrogens is 2. The van der Waals surface area contributed by atoms with Crippen molar-refractivity contribution in [3.05, 3.63) is 94.1 Å². The Balaban J connectivity index is 1.47. The van der Waals surface area contributed by atoms with Crippen LogP contribution in [0.4, 0.5) is 17.3 Å². The van der Waals surface area contributed by atoms with Gasteiger partial charge in [0.15, 0.2) is 5.43 Å². The second-order valence-electron chi connectivity index (χ2n) is 7.02. The zero-order chi connectivity index (χ0) is 21.8. The zero-order valence-corrected chi connectivity index (χ0v) is 17.0. The molecule has 7 heteroatoms. The van der Waals surface area contributed by atoms with E-state index in [1.165, 1.54) is 18.4 Å². The van der Waals surface area contributed by atoms with Crippen LogP contribution in [0.15, 0.2) is 76.1 Å². The molecule has 2 N–H and O–H groups in total. The maximum Gasteiger partial charge on any atom is 0.248 e. The molecule has 31 heavy (non-hydrogen) atoms. The van der Waals surface area contributed by atoms with Crippen LogP contribution in [0, 0.1) is 13.8 Å². The Bertz CT molecular complexity index is 1340. The Morgan fingerprint density at radius 2 is 1.71 bits per heavy atom. The highest BCUT2D eigenvalue weighted by atomic mass is 16.3. The van der Waals surface area contributed by atoms with E-state index in [0.717, 1.165) is 17.1 Å². The molecule has 0 fully saturated rings. The summed E-state index contributed by atoms with van der Waals surface area (Å²) in [7, 11) is 0. The van der Waals surface area contributed by atoms with Crippen molar-refractivity contribution in [3.63, 3.8) is 0 Å². The fourth-order valence-electron chi connectivity index (χ4n) is 3.14. The average Bonchev–Trinajstić information content (AvgIpc) is 2.73. The first-order valence-corrected chi connectivity index (χ1v) is 9.67. The number of carbonyl (C=O) groups is 1. The van der Waals surface area contributed by atoms with Crippen LogP contribution in [0.3, 0.4) is 0 Å². The van der Waals surface area contributed by atoms with Gasteiger partial charge in [0.2, 0.25) is 11.9 Å². The third-order valence-electron chi connectivity index (χ3n) is 4.49. The first-order valence-electron chi connectivity index (χ1n) is 9.67. The van der Waals surface area contributed by atoms with Gasteiger partial charge < -0.3 is 15.1 Å². The van der Waals surface area contributed by atoms with Gasteiger partial charge in [-0.2, -0.15) is 0 Å². The van der Waals surface area contributed by atoms with Crippen molar-refractivity contribution in [2.45, 2.75) is 13.8 Å². The lowest BCUT2D eigenvalue weighted by Gasteiger charge is -2.08. The van der Waals surface area contributed by atoms with Crippen LogP contribution in [-0.2, 0) is 4.79 Å². The quantitative estimate of drug-likeness (QED) is 0.465. The Morgan fingerprint density at radius 1 is 0.968 bits per heavy atom. The number of anilines is 3. The van der Waals surface area contributed by atoms with E-state index in [9.17, 15) is 9.59 Å². The Hall–Kier alpha value is -4.26. The van der Waals surface area contributed by atoms with E-state index in [1.807, 2.05) is 32.0 Å². The van der Waals surface area contributed by atoms with Crippen LogP contribution < -0.4 is 16.1 Å². The van der Waals surface area contributed by atoms with E-state index in [2.05, 4.69) is 20.6 Å². The monoisotopic (exact) mass is 412 g/mol. The minimum absolute atomic E-state index is 0.189. The molecule has 0 aliphatic heterocycles. The van der Waals surface area contributed by atoms with Gasteiger partial charge in [0, 0.05) is 28.8 Å². The molecule has 0 radical (unpaired) electrons. The number of rotatable bonds is 5. The summed E-state index contributed by atoms with van der Waals surface area (Å²) in [5, 5.41) is 6.38. The van der Waals surface area contributed by atoms with Crippen molar-refractivity contribution in [2.75, 3.05) is 10.6 Å². The standard InChI is InChI=1S/C24H20N4O3/c1-15-12-16(2)26-24(25-15)28-19-7-5-6-18(13-19)27-22(29)11-10-17-14-31-21-9-4-3-8-20(21)23(17)30/h3-14H,1-2H3,(H,27,29)(H,25,26,28)/b11-10+. The number of hydrogen-bond acceptors (Lipinski definition) is 6. The normalized spacial score (nSPS) is 11.0. The number of hydrogen-bond donors (Lipinski definition) is 2. The predicted molar refractivity (Wildman–Crippen MR) is 121 cm³/mol. The molecule has 0 bridgehead atoms. The van der Waals surface area contributed by atoms with Crippen LogP contribution in [-0.4, -0.2) is 15.9 Å². The van der Waals surface area contributed by atoms with Crippen molar-refractivity contribution in [1.82, 2.24) is 9.97 Å². The maximum atomic E-state index is 12.5. The third kappa shape index (κ3) is 4.84. The first kappa shape index (κ1) is 20.0. The fourth-order valence-corrected chi connectivity index (χ4v) is 3.14. The van der Waals surface area contributed by atoms with Crippen molar-refractivity contribution in [1.29, 1.82) is 0 Å². The molecule has 0 saturated heterocycles. The highest BCUT2D eigenvalue weighted by Crippen LogP contribution is 2.19. The molecule has 7 nitrogen and oxygen atoms in total. The molecule has 0 atom stereocenters. The minimum atomic E-state index is -0.368. The molecular formula is C24H20N4O3. The van der Waals surface area contributed by atoms with Gasteiger partial charge in [0.25, 0.3) is 0 Å². The number of para-hydroxylation sites is 1. The largest absolute Gasteiger partial charge is 0.463 e. The van der Waals surface area contributed by atoms with Gasteiger partial charge in [-0.25, -0.2) is 9.97 Å². The van der Waals surface area contributed by atoms with E-state index in [4.69, 9.17) is 4.42 Å². The highest BCUT2D eigenvalue weighted by molar-refractivity contribution is 6.02. The van der Waals surface area contributed by atoms with Gasteiger partial charge in [-0.3, -0.25) is 9.59 Å². The molecule has 4 rings (SSSR count). The Kier molecular flexibility index (Phi) is 5.57. The SMILES string of the molecule is Cc1cc(C)nc(Nc2cccc(NC(=O)/C=C/c3coc4ccccc4c3=O)c2)n1. The number of nitrogens with zero attached hydrogens (tertiary/aromatic N) is 2. The van der Waals surface area contributed by atoms with E-state index >= 15 is 0 Å². The van der Waals surface area contributed by atoms with Gasteiger partial charge >= 0.3 is 0 Å². The summed E-state index contributed by atoms with van der Waals surface area (Å²) >= 11 is 0. The lowest BCUT2D eigenvalue weighted by atomic mass is 10.1. The number of fused-ring (bicyclic) bond motifs is 1. The van der Waals surface area contributed by atoms with Crippen LogP contribution in [0.1, 0.15) is 17.0 Å². The maximum absolute atomic E-state index is 12.5. The number of benzene rings is 2. The number of carbonyl (C=O) groups excluding carboxylic acids is 1. The molecule has 0 aliphatic carbocycles. The van der Waals surface area contributed by atoms with Crippen LogP contribution in [0.5, 0.6) is 0 Å². The third-order valence-corrected chi connectivity index (χ3v) is 4.49. The average molecular weight is 412 g/mol. The Morgan fingerprint density at radius 3 is 2.52 bits per heavy atom. The number of amides is 1. The Labute approximate surface area is 178 Å². The highest BCUT2D eigenvalue weighted by Gasteiger charge is 2.06. The molecule has 2 aromatic carbocycles. The molecule has 0 saturated carbocycles. The van der Waals surface area contributed by atoms with Gasteiger partial charge in [-0.05, 0) is 56.3 Å². The summed E-state index contributed by atoms with van der Waals surface area (Å²) in [6, 6.07) is 16.1. The van der Waals surface area contributed by atoms with E-state index in [1.54, 1.807) is 36.4 Å². The fraction of sp³-hybridized carbons (Fsp3) is 0.0833. The first-order chi connectivity index (χ1) is 15.0. The van der Waals surface area contributed by atoms with Gasteiger partial charge in [-0.15, -0.1) is 0 Å². The van der Waals surface area contributed by atoms with Crippen molar-refractivity contribution >= 4 is 40.3 Å². The second-order valence-corrected chi connectivity index (χ2v) is 7.02. The lowest BCUT2D eigenvalue weighted by molar-refractivity contribution is -0.111. The summed E-state index contributed by atoms with van der Waals surface area (Å²) in [5.74, 6) is 0.122. The number of nitrogens with one attached hydrogen (secondary N) is 2. The summed E-state index contributed by atoms with van der Waals surface area (Å²) < 4.78 is 5.46. The summed E-state index contributed by atoms with van der Waals surface area (Å²) in [4.78, 5) is 33.6. The predicted octanol–water partition coefficient (Wildman–Crippen LogP) is 4.60. The van der Waals surface area contributed by atoms with Crippen LogP contribution >= 0.6 is 0 Å². The zero-order valence-electron chi connectivity index (χ0n) is 17.0. The molecule has 1 amide bonds. The van der Waals surface area contributed by atoms with Crippen molar-refractivity contribution in [3.8, 4) is 0 Å². The molecule has 0 aliphatic rings. The summed E-state index contributed by atoms with van der Waals surface area (Å²) in [6.45, 7) is 3.80. The van der Waals surface area contributed by atoms with E-state index < -0.39 is 0 Å². The second kappa shape index (κ2) is 8.62. The molecular weight excluding hydrogens is 392 g/mol. The van der Waals surface area contributed by atoms with Gasteiger partial charge in [-0.1, -0.05) is 18.2 Å². The molecule has 2 aromatic heterocycles. The molecule has 2 heterocycles. The van der Waals surface area contributed by atoms with Crippen LogP contribution in [0.25, 0.3) is 17.0 Å². The summed E-state index contributed by atoms with van der Waals surface area (Å²) in [6.07, 6.45) is 4.09. The lowest BCUT2D eigenvalue weighted by Crippen LogP contribution is -2.09. The van der Waals surface area contributed by atoms with Gasteiger partial charge in [0.1, 0.15) is 11.8 Å².